The minimum absolute atomic E-state index is 0.0300. The summed E-state index contributed by atoms with van der Waals surface area (Å²) in [7, 11) is 0. The van der Waals surface area contributed by atoms with E-state index in [1.807, 2.05) is 17.5 Å². The standard InChI is InChI=1S/C16H19N3O5S2/c1-11-10-26-16(23)19(11)7-5-14(21)24-9-13(20)18-15(22)17-6-4-12-3-2-8-25-12/h2-3,8,10H,4-7,9H2,1H3,(H2,17,18,20,22). The molecule has 2 N–H and O–H groups in total. The van der Waals surface area contributed by atoms with Crippen molar-refractivity contribution in [2.45, 2.75) is 26.3 Å². The topological polar surface area (TPSA) is 106 Å². The fourth-order valence-electron chi connectivity index (χ4n) is 2.06. The zero-order valence-corrected chi connectivity index (χ0v) is 15.8. The lowest BCUT2D eigenvalue weighted by Gasteiger charge is -2.08. The lowest BCUT2D eigenvalue weighted by atomic mass is 10.3. The Morgan fingerprint density at radius 1 is 1.27 bits per heavy atom. The first-order valence-corrected chi connectivity index (χ1v) is 9.62. The van der Waals surface area contributed by atoms with Crippen molar-refractivity contribution in [1.82, 2.24) is 15.2 Å². The lowest BCUT2D eigenvalue weighted by Crippen LogP contribution is -2.42. The number of thiophene rings is 1. The van der Waals surface area contributed by atoms with Gasteiger partial charge in [0.05, 0.1) is 6.42 Å². The van der Waals surface area contributed by atoms with Crippen LogP contribution in [-0.2, 0) is 27.3 Å². The lowest BCUT2D eigenvalue weighted by molar-refractivity contribution is -0.148. The molecule has 0 saturated carbocycles. The molecule has 2 aromatic heterocycles. The van der Waals surface area contributed by atoms with Crippen LogP contribution in [0, 0.1) is 6.92 Å². The fourth-order valence-corrected chi connectivity index (χ4v) is 3.53. The van der Waals surface area contributed by atoms with Crippen molar-refractivity contribution in [1.29, 1.82) is 0 Å². The molecule has 8 nitrogen and oxygen atoms in total. The Balaban J connectivity index is 1.60. The smallest absolute Gasteiger partial charge is 0.321 e. The van der Waals surface area contributed by atoms with Crippen molar-refractivity contribution < 1.29 is 19.1 Å². The highest BCUT2D eigenvalue weighted by Crippen LogP contribution is 2.07. The average molecular weight is 397 g/mol. The summed E-state index contributed by atoms with van der Waals surface area (Å²) in [4.78, 5) is 47.3. The van der Waals surface area contributed by atoms with E-state index in [2.05, 4.69) is 10.6 Å². The van der Waals surface area contributed by atoms with Crippen LogP contribution < -0.4 is 15.5 Å². The first kappa shape index (κ1) is 19.9. The molecule has 0 atom stereocenters. The van der Waals surface area contributed by atoms with Crippen molar-refractivity contribution in [3.05, 3.63) is 43.1 Å². The number of rotatable bonds is 8. The highest BCUT2D eigenvalue weighted by Gasteiger charge is 2.12. The summed E-state index contributed by atoms with van der Waals surface area (Å²) < 4.78 is 6.27. The molecule has 0 spiro atoms. The second-order valence-corrected chi connectivity index (χ2v) is 7.19. The number of esters is 1. The molecule has 0 fully saturated rings. The zero-order chi connectivity index (χ0) is 18.9. The van der Waals surface area contributed by atoms with Crippen molar-refractivity contribution in [3.63, 3.8) is 0 Å². The second-order valence-electron chi connectivity index (χ2n) is 5.34. The Morgan fingerprint density at radius 2 is 2.08 bits per heavy atom. The van der Waals surface area contributed by atoms with E-state index in [4.69, 9.17) is 4.74 Å². The van der Waals surface area contributed by atoms with E-state index in [1.165, 1.54) is 4.57 Å². The van der Waals surface area contributed by atoms with E-state index < -0.39 is 24.5 Å². The van der Waals surface area contributed by atoms with Gasteiger partial charge >= 0.3 is 16.9 Å². The summed E-state index contributed by atoms with van der Waals surface area (Å²) in [5, 5.41) is 8.30. The van der Waals surface area contributed by atoms with Gasteiger partial charge in [0, 0.05) is 29.0 Å². The van der Waals surface area contributed by atoms with Gasteiger partial charge < -0.3 is 14.6 Å². The summed E-state index contributed by atoms with van der Waals surface area (Å²) in [6.45, 7) is 1.81. The van der Waals surface area contributed by atoms with Gasteiger partial charge in [0.2, 0.25) is 0 Å². The van der Waals surface area contributed by atoms with Gasteiger partial charge in [-0.2, -0.15) is 0 Å². The molecule has 0 aromatic carbocycles. The summed E-state index contributed by atoms with van der Waals surface area (Å²) in [5.41, 5.74) is 0.768. The van der Waals surface area contributed by atoms with Crippen molar-refractivity contribution in [3.8, 4) is 0 Å². The first-order chi connectivity index (χ1) is 12.5. The summed E-state index contributed by atoms with van der Waals surface area (Å²) in [5.74, 6) is -1.33. The number of imide groups is 1. The number of carbonyl (C=O) groups excluding carboxylic acids is 3. The van der Waals surface area contributed by atoms with Crippen molar-refractivity contribution in [2.75, 3.05) is 13.2 Å². The van der Waals surface area contributed by atoms with Gasteiger partial charge in [-0.15, -0.1) is 11.3 Å². The van der Waals surface area contributed by atoms with Crippen LogP contribution in [0.4, 0.5) is 4.79 Å². The van der Waals surface area contributed by atoms with Crippen molar-refractivity contribution in [2.24, 2.45) is 0 Å². The molecule has 0 aliphatic rings. The number of urea groups is 1. The molecule has 0 aliphatic carbocycles. The highest BCUT2D eigenvalue weighted by atomic mass is 32.1. The van der Waals surface area contributed by atoms with Gasteiger partial charge in [-0.3, -0.25) is 19.7 Å². The van der Waals surface area contributed by atoms with E-state index in [0.717, 1.165) is 21.9 Å². The number of hydrogen-bond acceptors (Lipinski definition) is 7. The van der Waals surface area contributed by atoms with Crippen LogP contribution in [0.5, 0.6) is 0 Å². The molecule has 0 aliphatic heterocycles. The van der Waals surface area contributed by atoms with Gasteiger partial charge in [-0.1, -0.05) is 17.4 Å². The summed E-state index contributed by atoms with van der Waals surface area (Å²) >= 11 is 2.65. The normalized spacial score (nSPS) is 10.3. The molecule has 140 valence electrons. The van der Waals surface area contributed by atoms with E-state index in [9.17, 15) is 19.2 Å². The minimum atomic E-state index is -0.712. The van der Waals surface area contributed by atoms with Gasteiger partial charge in [0.1, 0.15) is 0 Å². The molecule has 3 amide bonds. The Kier molecular flexibility index (Phi) is 7.54. The molecule has 0 radical (unpaired) electrons. The average Bonchev–Trinajstić information content (AvgIpc) is 3.22. The van der Waals surface area contributed by atoms with E-state index in [1.54, 1.807) is 23.6 Å². The van der Waals surface area contributed by atoms with E-state index in [-0.39, 0.29) is 17.8 Å². The molecular weight excluding hydrogens is 378 g/mol. The third kappa shape index (κ3) is 6.45. The largest absolute Gasteiger partial charge is 0.456 e. The zero-order valence-electron chi connectivity index (χ0n) is 14.1. The number of nitrogens with zero attached hydrogens (tertiary/aromatic N) is 1. The monoisotopic (exact) mass is 397 g/mol. The minimum Gasteiger partial charge on any atom is -0.456 e. The predicted octanol–water partition coefficient (Wildman–Crippen LogP) is 1.28. The number of nitrogens with one attached hydrogen (secondary N) is 2. The molecule has 0 bridgehead atoms. The van der Waals surface area contributed by atoms with Gasteiger partial charge in [0.15, 0.2) is 6.61 Å². The maximum absolute atomic E-state index is 11.6. The fraction of sp³-hybridized carbons (Fsp3) is 0.375. The van der Waals surface area contributed by atoms with E-state index >= 15 is 0 Å². The van der Waals surface area contributed by atoms with Crippen LogP contribution in [0.1, 0.15) is 17.0 Å². The summed E-state index contributed by atoms with van der Waals surface area (Å²) in [6.07, 6.45) is 0.646. The first-order valence-electron chi connectivity index (χ1n) is 7.86. The van der Waals surface area contributed by atoms with Crippen LogP contribution >= 0.6 is 22.7 Å². The molecule has 10 heteroatoms. The maximum Gasteiger partial charge on any atom is 0.321 e. The Hall–Kier alpha value is -2.46. The van der Waals surface area contributed by atoms with E-state index in [0.29, 0.717) is 13.0 Å². The van der Waals surface area contributed by atoms with Crippen LogP contribution in [-0.4, -0.2) is 35.6 Å². The number of ether oxygens (including phenoxy) is 1. The molecule has 0 saturated heterocycles. The Labute approximate surface area is 157 Å². The van der Waals surface area contributed by atoms with Gasteiger partial charge in [0.25, 0.3) is 5.91 Å². The third-order valence-corrected chi connectivity index (χ3v) is 5.19. The predicted molar refractivity (Wildman–Crippen MR) is 98.5 cm³/mol. The third-order valence-electron chi connectivity index (χ3n) is 3.37. The number of aryl methyl sites for hydroxylation is 1. The molecular formula is C16H19N3O5S2. The van der Waals surface area contributed by atoms with Crippen LogP contribution in [0.25, 0.3) is 0 Å². The number of thiazole rings is 1. The maximum atomic E-state index is 11.6. The highest BCUT2D eigenvalue weighted by molar-refractivity contribution is 7.09. The number of amides is 3. The van der Waals surface area contributed by atoms with Crippen LogP contribution in [0.2, 0.25) is 0 Å². The number of carbonyl (C=O) groups is 3. The second kappa shape index (κ2) is 9.88. The number of hydrogen-bond donors (Lipinski definition) is 2. The molecule has 26 heavy (non-hydrogen) atoms. The van der Waals surface area contributed by atoms with Crippen LogP contribution in [0.3, 0.4) is 0 Å². The Bertz CT molecular complexity index is 810. The van der Waals surface area contributed by atoms with Crippen LogP contribution in [0.15, 0.2) is 27.7 Å². The summed E-state index contributed by atoms with van der Waals surface area (Å²) in [6, 6.07) is 3.25. The molecule has 0 unspecified atom stereocenters. The molecule has 2 heterocycles. The van der Waals surface area contributed by atoms with Gasteiger partial charge in [-0.05, 0) is 24.8 Å². The molecule has 2 rings (SSSR count). The molecule has 2 aromatic rings. The van der Waals surface area contributed by atoms with Gasteiger partial charge in [-0.25, -0.2) is 4.79 Å². The Morgan fingerprint density at radius 3 is 2.73 bits per heavy atom. The SMILES string of the molecule is Cc1csc(=O)n1CCC(=O)OCC(=O)NC(=O)NCCc1cccs1. The van der Waals surface area contributed by atoms with Crippen molar-refractivity contribution >= 4 is 40.6 Å². The quantitative estimate of drug-likeness (QED) is 0.653. The number of aromatic nitrogens is 1.